The van der Waals surface area contributed by atoms with Crippen molar-refractivity contribution in [1.82, 2.24) is 5.32 Å². The molecule has 0 saturated carbocycles. The summed E-state index contributed by atoms with van der Waals surface area (Å²) >= 11 is 5.22. The minimum absolute atomic E-state index is 0.230. The number of anilines is 1. The third kappa shape index (κ3) is 4.45. The Hall–Kier alpha value is -2.60. The number of methoxy groups -OCH3 is 2. The Morgan fingerprint density at radius 3 is 2.17 bits per heavy atom. The standard InChI is InChI=1S/C18H20N2O3S/c1-11-5-6-16(12(2)7-11)19-18(24)20-17(21)13-8-14(22-3)10-15(9-13)23-4/h5-10H,1-4H3,(H2,19,20,21,24). The van der Waals surface area contributed by atoms with Crippen LogP contribution in [0.3, 0.4) is 0 Å². The predicted octanol–water partition coefficient (Wildman–Crippen LogP) is 3.45. The molecule has 6 heteroatoms. The number of rotatable bonds is 4. The topological polar surface area (TPSA) is 59.6 Å². The van der Waals surface area contributed by atoms with E-state index in [1.807, 2.05) is 32.0 Å². The molecular weight excluding hydrogens is 324 g/mol. The fourth-order valence-corrected chi connectivity index (χ4v) is 2.42. The lowest BCUT2D eigenvalue weighted by Crippen LogP contribution is -2.34. The Balaban J connectivity index is 2.10. The van der Waals surface area contributed by atoms with E-state index >= 15 is 0 Å². The van der Waals surface area contributed by atoms with Gasteiger partial charge in [0.2, 0.25) is 0 Å². The summed E-state index contributed by atoms with van der Waals surface area (Å²) in [6, 6.07) is 10.9. The number of carbonyl (C=O) groups is 1. The van der Waals surface area contributed by atoms with Crippen LogP contribution in [0.15, 0.2) is 36.4 Å². The van der Waals surface area contributed by atoms with E-state index < -0.39 is 0 Å². The van der Waals surface area contributed by atoms with Crippen LogP contribution >= 0.6 is 12.2 Å². The van der Waals surface area contributed by atoms with E-state index in [0.29, 0.717) is 17.1 Å². The number of amides is 1. The molecule has 2 aromatic rings. The van der Waals surface area contributed by atoms with Gasteiger partial charge in [0.1, 0.15) is 11.5 Å². The summed E-state index contributed by atoms with van der Waals surface area (Å²) in [4.78, 5) is 12.4. The fraction of sp³-hybridized carbons (Fsp3) is 0.222. The van der Waals surface area contributed by atoms with Crippen molar-refractivity contribution in [3.05, 3.63) is 53.1 Å². The molecule has 0 fully saturated rings. The zero-order valence-electron chi connectivity index (χ0n) is 14.1. The number of ether oxygens (including phenoxy) is 2. The van der Waals surface area contributed by atoms with Gasteiger partial charge in [-0.1, -0.05) is 17.7 Å². The van der Waals surface area contributed by atoms with Gasteiger partial charge in [0.15, 0.2) is 5.11 Å². The van der Waals surface area contributed by atoms with Crippen LogP contribution < -0.4 is 20.1 Å². The lowest BCUT2D eigenvalue weighted by Gasteiger charge is -2.13. The van der Waals surface area contributed by atoms with E-state index in [1.165, 1.54) is 14.2 Å². The van der Waals surface area contributed by atoms with Crippen LogP contribution in [0, 0.1) is 13.8 Å². The van der Waals surface area contributed by atoms with Crippen LogP contribution in [0.25, 0.3) is 0 Å². The summed E-state index contributed by atoms with van der Waals surface area (Å²) in [5.41, 5.74) is 3.47. The van der Waals surface area contributed by atoms with Crippen LogP contribution in [0.2, 0.25) is 0 Å². The molecule has 0 aliphatic rings. The first-order valence-electron chi connectivity index (χ1n) is 7.35. The summed E-state index contributed by atoms with van der Waals surface area (Å²) in [6.45, 7) is 4.00. The van der Waals surface area contributed by atoms with Crippen LogP contribution in [-0.4, -0.2) is 25.2 Å². The molecule has 0 spiro atoms. The summed E-state index contributed by atoms with van der Waals surface area (Å²) in [5.74, 6) is 0.731. The molecule has 2 aromatic carbocycles. The molecular formula is C18H20N2O3S. The molecule has 0 heterocycles. The second-order valence-corrected chi connectivity index (χ2v) is 5.74. The number of nitrogens with one attached hydrogen (secondary N) is 2. The first-order chi connectivity index (χ1) is 11.4. The minimum Gasteiger partial charge on any atom is -0.497 e. The monoisotopic (exact) mass is 344 g/mol. The van der Waals surface area contributed by atoms with Crippen LogP contribution in [0.4, 0.5) is 5.69 Å². The van der Waals surface area contributed by atoms with Crippen molar-refractivity contribution < 1.29 is 14.3 Å². The third-order valence-corrected chi connectivity index (χ3v) is 3.67. The van der Waals surface area contributed by atoms with Gasteiger partial charge in [-0.25, -0.2) is 0 Å². The van der Waals surface area contributed by atoms with Gasteiger partial charge in [-0.15, -0.1) is 0 Å². The number of benzene rings is 2. The van der Waals surface area contributed by atoms with E-state index in [1.54, 1.807) is 18.2 Å². The average Bonchev–Trinajstić information content (AvgIpc) is 2.56. The summed E-state index contributed by atoms with van der Waals surface area (Å²) in [6.07, 6.45) is 0. The number of aryl methyl sites for hydroxylation is 2. The largest absolute Gasteiger partial charge is 0.497 e. The second-order valence-electron chi connectivity index (χ2n) is 5.33. The molecule has 0 radical (unpaired) electrons. The first kappa shape index (κ1) is 17.7. The van der Waals surface area contributed by atoms with Gasteiger partial charge in [-0.05, 0) is 49.8 Å². The predicted molar refractivity (Wildman–Crippen MR) is 99.1 cm³/mol. The van der Waals surface area contributed by atoms with Gasteiger partial charge in [0, 0.05) is 17.3 Å². The van der Waals surface area contributed by atoms with Gasteiger partial charge in [-0.3, -0.25) is 10.1 Å². The normalized spacial score (nSPS) is 10.0. The van der Waals surface area contributed by atoms with Crippen molar-refractivity contribution in [2.45, 2.75) is 13.8 Å². The summed E-state index contributed by atoms with van der Waals surface area (Å²) in [5, 5.41) is 5.92. The highest BCUT2D eigenvalue weighted by atomic mass is 32.1. The Bertz CT molecular complexity index is 753. The van der Waals surface area contributed by atoms with E-state index in [4.69, 9.17) is 21.7 Å². The van der Waals surface area contributed by atoms with Crippen LogP contribution in [0.5, 0.6) is 11.5 Å². The zero-order valence-corrected chi connectivity index (χ0v) is 14.9. The molecule has 0 atom stereocenters. The molecule has 0 unspecified atom stereocenters. The van der Waals surface area contributed by atoms with Gasteiger partial charge in [0.25, 0.3) is 5.91 Å². The third-order valence-electron chi connectivity index (χ3n) is 3.47. The Morgan fingerprint density at radius 2 is 1.62 bits per heavy atom. The van der Waals surface area contributed by atoms with Gasteiger partial charge in [-0.2, -0.15) is 0 Å². The lowest BCUT2D eigenvalue weighted by molar-refractivity contribution is 0.0977. The van der Waals surface area contributed by atoms with Crippen molar-refractivity contribution in [2.75, 3.05) is 19.5 Å². The van der Waals surface area contributed by atoms with Crippen LogP contribution in [-0.2, 0) is 0 Å². The van der Waals surface area contributed by atoms with Crippen molar-refractivity contribution >= 4 is 28.9 Å². The van der Waals surface area contributed by atoms with Crippen molar-refractivity contribution in [3.8, 4) is 11.5 Å². The fourth-order valence-electron chi connectivity index (χ4n) is 2.22. The summed E-state index contributed by atoms with van der Waals surface area (Å²) < 4.78 is 10.3. The molecule has 2 N–H and O–H groups in total. The van der Waals surface area contributed by atoms with Gasteiger partial charge in [0.05, 0.1) is 14.2 Å². The number of hydrogen-bond acceptors (Lipinski definition) is 4. The van der Waals surface area contributed by atoms with E-state index in [0.717, 1.165) is 16.8 Å². The maximum atomic E-state index is 12.4. The maximum Gasteiger partial charge on any atom is 0.257 e. The molecule has 24 heavy (non-hydrogen) atoms. The molecule has 0 aliphatic heterocycles. The smallest absolute Gasteiger partial charge is 0.257 e. The van der Waals surface area contributed by atoms with E-state index in [2.05, 4.69) is 10.6 Å². The average molecular weight is 344 g/mol. The quantitative estimate of drug-likeness (QED) is 0.832. The van der Waals surface area contributed by atoms with E-state index in [9.17, 15) is 4.79 Å². The molecule has 0 aliphatic carbocycles. The van der Waals surface area contributed by atoms with Crippen molar-refractivity contribution in [3.63, 3.8) is 0 Å². The molecule has 126 valence electrons. The maximum absolute atomic E-state index is 12.4. The Kier molecular flexibility index (Phi) is 5.76. The second kappa shape index (κ2) is 7.79. The van der Waals surface area contributed by atoms with Crippen molar-refractivity contribution in [1.29, 1.82) is 0 Å². The highest BCUT2D eigenvalue weighted by Crippen LogP contribution is 2.22. The SMILES string of the molecule is COc1cc(OC)cc(C(=O)NC(=S)Nc2ccc(C)cc2C)c1. The molecule has 1 amide bonds. The lowest BCUT2D eigenvalue weighted by atomic mass is 10.1. The zero-order chi connectivity index (χ0) is 17.7. The van der Waals surface area contributed by atoms with Crippen LogP contribution in [0.1, 0.15) is 21.5 Å². The number of thiocarbonyl (C=S) groups is 1. The Morgan fingerprint density at radius 1 is 1.00 bits per heavy atom. The molecule has 5 nitrogen and oxygen atoms in total. The molecule has 2 rings (SSSR count). The molecule has 0 aromatic heterocycles. The highest BCUT2D eigenvalue weighted by molar-refractivity contribution is 7.80. The first-order valence-corrected chi connectivity index (χ1v) is 7.76. The van der Waals surface area contributed by atoms with Crippen molar-refractivity contribution in [2.24, 2.45) is 0 Å². The number of carbonyl (C=O) groups excluding carboxylic acids is 1. The van der Waals surface area contributed by atoms with Gasteiger partial charge >= 0.3 is 0 Å². The molecule has 0 saturated heterocycles. The summed E-state index contributed by atoms with van der Waals surface area (Å²) in [7, 11) is 3.06. The Labute approximate surface area is 147 Å². The van der Waals surface area contributed by atoms with E-state index in [-0.39, 0.29) is 11.0 Å². The minimum atomic E-state index is -0.338. The van der Waals surface area contributed by atoms with Gasteiger partial charge < -0.3 is 14.8 Å². The highest BCUT2D eigenvalue weighted by Gasteiger charge is 2.12. The molecule has 0 bridgehead atoms. The number of hydrogen-bond donors (Lipinski definition) is 2.